The summed E-state index contributed by atoms with van der Waals surface area (Å²) >= 11 is 0. The second-order valence-electron chi connectivity index (χ2n) is 7.58. The summed E-state index contributed by atoms with van der Waals surface area (Å²) in [7, 11) is 0. The third kappa shape index (κ3) is 3.97. The fourth-order valence-electron chi connectivity index (χ4n) is 4.01. The van der Waals surface area contributed by atoms with Crippen molar-refractivity contribution in [1.29, 1.82) is 0 Å². The van der Waals surface area contributed by atoms with Gasteiger partial charge in [0.25, 0.3) is 5.91 Å². The van der Waals surface area contributed by atoms with Crippen LogP contribution in [-0.2, 0) is 6.18 Å². The van der Waals surface area contributed by atoms with Crippen molar-refractivity contribution in [3.63, 3.8) is 0 Å². The zero-order valence-electron chi connectivity index (χ0n) is 16.6. The number of carbonyl (C=O) groups is 1. The van der Waals surface area contributed by atoms with Gasteiger partial charge in [0.2, 0.25) is 0 Å². The summed E-state index contributed by atoms with van der Waals surface area (Å²) in [4.78, 5) is 14.8. The van der Waals surface area contributed by atoms with Crippen molar-refractivity contribution in [2.45, 2.75) is 31.9 Å². The zero-order valence-corrected chi connectivity index (χ0v) is 16.6. The highest BCUT2D eigenvalue weighted by Crippen LogP contribution is 2.31. The van der Waals surface area contributed by atoms with E-state index in [0.717, 1.165) is 25.0 Å². The molecule has 1 saturated heterocycles. The van der Waals surface area contributed by atoms with Crippen molar-refractivity contribution in [1.82, 2.24) is 14.7 Å². The van der Waals surface area contributed by atoms with Crippen LogP contribution in [-0.4, -0.2) is 33.7 Å². The van der Waals surface area contributed by atoms with E-state index in [1.807, 2.05) is 18.2 Å². The van der Waals surface area contributed by atoms with Crippen LogP contribution in [0.3, 0.4) is 0 Å². The van der Waals surface area contributed by atoms with Crippen molar-refractivity contribution in [3.8, 4) is 5.69 Å². The predicted octanol–water partition coefficient (Wildman–Crippen LogP) is 5.22. The quantitative estimate of drug-likeness (QED) is 0.591. The number of likely N-dealkylation sites (tertiary alicyclic amines) is 1. The molecule has 3 aromatic rings. The maximum atomic E-state index is 13.0. The minimum absolute atomic E-state index is 0.128. The Morgan fingerprint density at radius 3 is 2.40 bits per heavy atom. The summed E-state index contributed by atoms with van der Waals surface area (Å²) in [5.74, 6) is 0.307. The average molecular weight is 413 g/mol. The van der Waals surface area contributed by atoms with Gasteiger partial charge in [-0.15, -0.1) is 0 Å². The predicted molar refractivity (Wildman–Crippen MR) is 108 cm³/mol. The number of halogens is 3. The maximum absolute atomic E-state index is 13.0. The van der Waals surface area contributed by atoms with Gasteiger partial charge in [-0.2, -0.15) is 18.3 Å². The Balaban J connectivity index is 1.50. The molecule has 4 nitrogen and oxygen atoms in total. The van der Waals surface area contributed by atoms with Gasteiger partial charge < -0.3 is 4.90 Å². The van der Waals surface area contributed by atoms with Crippen LogP contribution in [0.1, 0.15) is 45.9 Å². The molecule has 156 valence electrons. The fraction of sp³-hybridized carbons (Fsp3) is 0.304. The van der Waals surface area contributed by atoms with Crippen molar-refractivity contribution < 1.29 is 18.0 Å². The molecule has 0 bridgehead atoms. The van der Waals surface area contributed by atoms with Crippen LogP contribution >= 0.6 is 0 Å². The number of benzene rings is 2. The van der Waals surface area contributed by atoms with Crippen molar-refractivity contribution in [3.05, 3.63) is 83.2 Å². The largest absolute Gasteiger partial charge is 0.416 e. The molecule has 0 radical (unpaired) electrons. The number of hydrogen-bond acceptors (Lipinski definition) is 2. The highest BCUT2D eigenvalue weighted by atomic mass is 19.4. The minimum Gasteiger partial charge on any atom is -0.338 e. The molecule has 7 heteroatoms. The Kier molecular flexibility index (Phi) is 5.37. The Morgan fingerprint density at radius 2 is 1.73 bits per heavy atom. The topological polar surface area (TPSA) is 38.1 Å². The SMILES string of the molecule is Cc1c(C(=O)N2CCC(c3ccccc3)CC2)cnn1-c1cccc(C(F)(F)F)c1. The Hall–Kier alpha value is -3.09. The molecule has 2 aromatic carbocycles. The number of aromatic nitrogens is 2. The van der Waals surface area contributed by atoms with Gasteiger partial charge in [0, 0.05) is 13.1 Å². The number of alkyl halides is 3. The normalized spacial score (nSPS) is 15.4. The smallest absolute Gasteiger partial charge is 0.338 e. The summed E-state index contributed by atoms with van der Waals surface area (Å²) in [5, 5.41) is 4.19. The number of carbonyl (C=O) groups excluding carboxylic acids is 1. The molecular weight excluding hydrogens is 391 g/mol. The van der Waals surface area contributed by atoms with Gasteiger partial charge in [0.05, 0.1) is 28.7 Å². The molecule has 0 saturated carbocycles. The number of nitrogens with zero attached hydrogens (tertiary/aromatic N) is 3. The summed E-state index contributed by atoms with van der Waals surface area (Å²) in [6.45, 7) is 3.00. The molecule has 1 aromatic heterocycles. The van der Waals surface area contributed by atoms with Crippen molar-refractivity contribution in [2.75, 3.05) is 13.1 Å². The van der Waals surface area contributed by atoms with Crippen LogP contribution < -0.4 is 0 Å². The standard InChI is InChI=1S/C23H22F3N3O/c1-16-21(15-27-29(16)20-9-5-8-19(14-20)23(24,25)26)22(30)28-12-10-18(11-13-28)17-6-3-2-4-7-17/h2-9,14-15,18H,10-13H2,1H3. The molecule has 0 unspecified atom stereocenters. The van der Waals surface area contributed by atoms with E-state index in [-0.39, 0.29) is 11.6 Å². The first-order valence-corrected chi connectivity index (χ1v) is 9.91. The highest BCUT2D eigenvalue weighted by molar-refractivity contribution is 5.95. The van der Waals surface area contributed by atoms with Gasteiger partial charge in [0.15, 0.2) is 0 Å². The first-order chi connectivity index (χ1) is 14.3. The van der Waals surface area contributed by atoms with Crippen LogP contribution in [0.15, 0.2) is 60.8 Å². The van der Waals surface area contributed by atoms with E-state index in [1.165, 1.54) is 22.5 Å². The maximum Gasteiger partial charge on any atom is 0.416 e. The van der Waals surface area contributed by atoms with Gasteiger partial charge in [-0.3, -0.25) is 4.79 Å². The van der Waals surface area contributed by atoms with Gasteiger partial charge in [-0.05, 0) is 49.4 Å². The van der Waals surface area contributed by atoms with Crippen molar-refractivity contribution >= 4 is 5.91 Å². The Labute approximate surface area is 172 Å². The van der Waals surface area contributed by atoms with E-state index >= 15 is 0 Å². The van der Waals surface area contributed by atoms with E-state index in [1.54, 1.807) is 17.9 Å². The summed E-state index contributed by atoms with van der Waals surface area (Å²) < 4.78 is 40.5. The molecule has 0 N–H and O–H groups in total. The monoisotopic (exact) mass is 413 g/mol. The van der Waals surface area contributed by atoms with Gasteiger partial charge in [0.1, 0.15) is 0 Å². The third-order valence-electron chi connectivity index (χ3n) is 5.71. The van der Waals surface area contributed by atoms with Crippen molar-refractivity contribution in [2.24, 2.45) is 0 Å². The van der Waals surface area contributed by atoms with E-state index in [4.69, 9.17) is 0 Å². The van der Waals surface area contributed by atoms with Crippen LogP contribution in [0.25, 0.3) is 5.69 Å². The lowest BCUT2D eigenvalue weighted by Gasteiger charge is -2.32. The molecule has 30 heavy (non-hydrogen) atoms. The summed E-state index contributed by atoms with van der Waals surface area (Å²) in [6.07, 6.45) is -1.22. The summed E-state index contributed by atoms with van der Waals surface area (Å²) in [5.41, 5.74) is 1.78. The molecule has 0 aliphatic carbocycles. The molecule has 1 fully saturated rings. The fourth-order valence-corrected chi connectivity index (χ4v) is 4.01. The molecule has 1 aliphatic heterocycles. The molecule has 4 rings (SSSR count). The van der Waals surface area contributed by atoms with E-state index < -0.39 is 11.7 Å². The first-order valence-electron chi connectivity index (χ1n) is 9.91. The minimum atomic E-state index is -4.43. The number of rotatable bonds is 3. The lowest BCUT2D eigenvalue weighted by atomic mass is 9.89. The number of hydrogen-bond donors (Lipinski definition) is 0. The molecule has 1 amide bonds. The lowest BCUT2D eigenvalue weighted by Crippen LogP contribution is -2.38. The van der Waals surface area contributed by atoms with E-state index in [9.17, 15) is 18.0 Å². The van der Waals surface area contributed by atoms with Crippen LogP contribution in [0.4, 0.5) is 13.2 Å². The average Bonchev–Trinajstić information content (AvgIpc) is 3.15. The molecular formula is C23H22F3N3O. The molecule has 2 heterocycles. The van der Waals surface area contributed by atoms with Gasteiger partial charge in [-0.25, -0.2) is 4.68 Å². The van der Waals surface area contributed by atoms with Crippen LogP contribution in [0.5, 0.6) is 0 Å². The zero-order chi connectivity index (χ0) is 21.3. The highest BCUT2D eigenvalue weighted by Gasteiger charge is 2.31. The summed E-state index contributed by atoms with van der Waals surface area (Å²) in [6, 6.07) is 15.2. The van der Waals surface area contributed by atoms with Crippen LogP contribution in [0.2, 0.25) is 0 Å². The number of amides is 1. The Bertz CT molecular complexity index is 1040. The molecule has 0 atom stereocenters. The Morgan fingerprint density at radius 1 is 1.03 bits per heavy atom. The number of piperidine rings is 1. The van der Waals surface area contributed by atoms with Gasteiger partial charge >= 0.3 is 6.18 Å². The molecule has 0 spiro atoms. The second-order valence-corrected chi connectivity index (χ2v) is 7.58. The first kappa shape index (κ1) is 20.2. The third-order valence-corrected chi connectivity index (χ3v) is 5.71. The van der Waals surface area contributed by atoms with Crippen LogP contribution in [0, 0.1) is 6.92 Å². The lowest BCUT2D eigenvalue weighted by molar-refractivity contribution is -0.137. The second kappa shape index (κ2) is 7.97. The molecule has 1 aliphatic rings. The van der Waals surface area contributed by atoms with E-state index in [2.05, 4.69) is 17.2 Å². The van der Waals surface area contributed by atoms with E-state index in [0.29, 0.717) is 30.3 Å². The van der Waals surface area contributed by atoms with Gasteiger partial charge in [-0.1, -0.05) is 36.4 Å².